The van der Waals surface area contributed by atoms with Crippen molar-refractivity contribution in [2.24, 2.45) is 5.92 Å². The normalized spacial score (nSPS) is 26.6. The predicted molar refractivity (Wildman–Crippen MR) is 74.7 cm³/mol. The van der Waals surface area contributed by atoms with Gasteiger partial charge >= 0.3 is 5.97 Å². The molecule has 0 bridgehead atoms. The van der Waals surface area contributed by atoms with E-state index in [-0.39, 0.29) is 5.56 Å². The molecule has 1 aliphatic rings. The number of furan rings is 1. The van der Waals surface area contributed by atoms with Crippen LogP contribution in [-0.2, 0) is 6.54 Å². The number of nitrogens with one attached hydrogen (secondary N) is 1. The number of aryl methyl sites for hydroxylation is 1. The van der Waals surface area contributed by atoms with Crippen molar-refractivity contribution in [1.82, 2.24) is 5.32 Å². The Hall–Kier alpha value is -1.33. The van der Waals surface area contributed by atoms with Gasteiger partial charge in [0.1, 0.15) is 17.1 Å². The van der Waals surface area contributed by atoms with E-state index >= 15 is 0 Å². The van der Waals surface area contributed by atoms with Crippen molar-refractivity contribution in [3.63, 3.8) is 0 Å². The lowest BCUT2D eigenvalue weighted by atomic mass is 9.79. The highest BCUT2D eigenvalue weighted by atomic mass is 16.4. The molecule has 3 N–H and O–H groups in total. The van der Waals surface area contributed by atoms with Crippen LogP contribution in [0.2, 0.25) is 0 Å². The van der Waals surface area contributed by atoms with Crippen LogP contribution in [-0.4, -0.2) is 28.3 Å². The molecule has 2 atom stereocenters. The third kappa shape index (κ3) is 3.61. The Bertz CT molecular complexity index is 482. The molecule has 0 saturated heterocycles. The molecular formula is C15H23NO4. The molecule has 1 fully saturated rings. The largest absolute Gasteiger partial charge is 0.478 e. The van der Waals surface area contributed by atoms with Gasteiger partial charge in [-0.1, -0.05) is 19.8 Å². The average molecular weight is 281 g/mol. The minimum atomic E-state index is -0.975. The van der Waals surface area contributed by atoms with E-state index < -0.39 is 11.6 Å². The molecule has 1 aliphatic carbocycles. The Balaban J connectivity index is 1.86. The minimum absolute atomic E-state index is 0.201. The molecule has 1 saturated carbocycles. The standard InChI is InChI=1S/C15H23NO4/c1-10-4-3-5-15(19,7-10)9-16-8-12-6-13(14(17)18)11(2)20-12/h6,10,16,19H,3-5,7-9H2,1-2H3,(H,17,18). The van der Waals surface area contributed by atoms with E-state index in [1.807, 2.05) is 0 Å². The van der Waals surface area contributed by atoms with Gasteiger partial charge in [0, 0.05) is 6.54 Å². The van der Waals surface area contributed by atoms with Crippen LogP contribution in [0.15, 0.2) is 10.5 Å². The van der Waals surface area contributed by atoms with Crippen LogP contribution in [0, 0.1) is 12.8 Å². The van der Waals surface area contributed by atoms with E-state index in [1.54, 1.807) is 6.92 Å². The maximum atomic E-state index is 10.9. The van der Waals surface area contributed by atoms with Gasteiger partial charge in [-0.2, -0.15) is 0 Å². The molecule has 1 aromatic heterocycles. The molecule has 5 heteroatoms. The van der Waals surface area contributed by atoms with Crippen LogP contribution in [0.4, 0.5) is 0 Å². The van der Waals surface area contributed by atoms with Gasteiger partial charge in [0.25, 0.3) is 0 Å². The molecule has 0 aliphatic heterocycles. The van der Waals surface area contributed by atoms with E-state index in [1.165, 1.54) is 12.5 Å². The zero-order valence-electron chi connectivity index (χ0n) is 12.1. The van der Waals surface area contributed by atoms with Crippen molar-refractivity contribution in [3.05, 3.63) is 23.2 Å². The van der Waals surface area contributed by atoms with Gasteiger partial charge in [-0.05, 0) is 31.7 Å². The molecule has 1 heterocycles. The maximum absolute atomic E-state index is 10.9. The first kappa shape index (κ1) is 15.1. The number of carbonyl (C=O) groups is 1. The first-order chi connectivity index (χ1) is 9.39. The monoisotopic (exact) mass is 281 g/mol. The van der Waals surface area contributed by atoms with E-state index in [4.69, 9.17) is 9.52 Å². The van der Waals surface area contributed by atoms with Crippen molar-refractivity contribution < 1.29 is 19.4 Å². The Labute approximate surface area is 119 Å². The molecule has 0 aromatic carbocycles. The van der Waals surface area contributed by atoms with Gasteiger partial charge in [-0.3, -0.25) is 0 Å². The number of aliphatic hydroxyl groups is 1. The van der Waals surface area contributed by atoms with Crippen molar-refractivity contribution >= 4 is 5.97 Å². The topological polar surface area (TPSA) is 82.7 Å². The van der Waals surface area contributed by atoms with Gasteiger partial charge in [0.05, 0.1) is 12.1 Å². The summed E-state index contributed by atoms with van der Waals surface area (Å²) < 4.78 is 5.39. The number of carboxylic acids is 1. The molecule has 112 valence electrons. The Morgan fingerprint density at radius 3 is 2.95 bits per heavy atom. The molecule has 2 rings (SSSR count). The van der Waals surface area contributed by atoms with Crippen LogP contribution >= 0.6 is 0 Å². The maximum Gasteiger partial charge on any atom is 0.339 e. The first-order valence-corrected chi connectivity index (χ1v) is 7.15. The average Bonchev–Trinajstić information content (AvgIpc) is 2.70. The lowest BCUT2D eigenvalue weighted by molar-refractivity contribution is -0.0121. The fourth-order valence-corrected chi connectivity index (χ4v) is 3.05. The lowest BCUT2D eigenvalue weighted by Gasteiger charge is -2.35. The molecule has 0 amide bonds. The highest BCUT2D eigenvalue weighted by Crippen LogP contribution is 2.31. The van der Waals surface area contributed by atoms with Gasteiger partial charge < -0.3 is 19.9 Å². The van der Waals surface area contributed by atoms with Crippen molar-refractivity contribution in [2.75, 3.05) is 6.54 Å². The van der Waals surface area contributed by atoms with Crippen molar-refractivity contribution in [3.8, 4) is 0 Å². The summed E-state index contributed by atoms with van der Waals surface area (Å²) >= 11 is 0. The van der Waals surface area contributed by atoms with Crippen LogP contribution in [0.5, 0.6) is 0 Å². The minimum Gasteiger partial charge on any atom is -0.478 e. The second kappa shape index (κ2) is 5.97. The van der Waals surface area contributed by atoms with Gasteiger partial charge in [0.2, 0.25) is 0 Å². The third-order valence-electron chi connectivity index (χ3n) is 4.02. The Morgan fingerprint density at radius 1 is 1.60 bits per heavy atom. The number of carboxylic acid groups (broad SMARTS) is 1. The van der Waals surface area contributed by atoms with Gasteiger partial charge in [-0.25, -0.2) is 4.79 Å². The van der Waals surface area contributed by atoms with Crippen LogP contribution < -0.4 is 5.32 Å². The van der Waals surface area contributed by atoms with E-state index in [0.717, 1.165) is 19.3 Å². The molecule has 2 unspecified atom stereocenters. The summed E-state index contributed by atoms with van der Waals surface area (Å²) in [6.45, 7) is 4.76. The zero-order chi connectivity index (χ0) is 14.8. The Kier molecular flexibility index (Phi) is 4.50. The van der Waals surface area contributed by atoms with Crippen LogP contribution in [0.3, 0.4) is 0 Å². The predicted octanol–water partition coefficient (Wildman–Crippen LogP) is 2.32. The summed E-state index contributed by atoms with van der Waals surface area (Å²) in [5.41, 5.74) is -0.443. The molecule has 1 aromatic rings. The van der Waals surface area contributed by atoms with Crippen LogP contribution in [0.1, 0.15) is 54.5 Å². The number of hydrogen-bond donors (Lipinski definition) is 3. The number of aromatic carboxylic acids is 1. The van der Waals surface area contributed by atoms with E-state index in [2.05, 4.69) is 12.2 Å². The third-order valence-corrected chi connectivity index (χ3v) is 4.02. The fourth-order valence-electron chi connectivity index (χ4n) is 3.05. The molecule has 0 radical (unpaired) electrons. The highest BCUT2D eigenvalue weighted by Gasteiger charge is 2.32. The molecular weight excluding hydrogens is 258 g/mol. The van der Waals surface area contributed by atoms with Gasteiger partial charge in [0.15, 0.2) is 0 Å². The zero-order valence-corrected chi connectivity index (χ0v) is 12.1. The fraction of sp³-hybridized carbons (Fsp3) is 0.667. The highest BCUT2D eigenvalue weighted by molar-refractivity contribution is 5.88. The Morgan fingerprint density at radius 2 is 2.35 bits per heavy atom. The summed E-state index contributed by atoms with van der Waals surface area (Å²) in [7, 11) is 0. The van der Waals surface area contributed by atoms with Gasteiger partial charge in [-0.15, -0.1) is 0 Å². The number of rotatable bonds is 5. The van der Waals surface area contributed by atoms with Crippen LogP contribution in [0.25, 0.3) is 0 Å². The summed E-state index contributed by atoms with van der Waals surface area (Å²) in [4.78, 5) is 10.9. The van der Waals surface area contributed by atoms with E-state index in [0.29, 0.717) is 30.5 Å². The second-order valence-corrected chi connectivity index (χ2v) is 6.02. The summed E-state index contributed by atoms with van der Waals surface area (Å²) in [5, 5.41) is 22.6. The first-order valence-electron chi connectivity index (χ1n) is 7.15. The van der Waals surface area contributed by atoms with Crippen molar-refractivity contribution in [2.45, 2.75) is 51.7 Å². The second-order valence-electron chi connectivity index (χ2n) is 6.02. The quantitative estimate of drug-likeness (QED) is 0.771. The molecule has 0 spiro atoms. The molecule has 5 nitrogen and oxygen atoms in total. The SMILES string of the molecule is Cc1oc(CNCC2(O)CCCC(C)C2)cc1C(=O)O. The lowest BCUT2D eigenvalue weighted by Crippen LogP contribution is -2.43. The summed E-state index contributed by atoms with van der Waals surface area (Å²) in [6.07, 6.45) is 3.88. The van der Waals surface area contributed by atoms with Crippen molar-refractivity contribution in [1.29, 1.82) is 0 Å². The van der Waals surface area contributed by atoms with E-state index in [9.17, 15) is 9.90 Å². The number of hydrogen-bond acceptors (Lipinski definition) is 4. The summed E-state index contributed by atoms with van der Waals surface area (Å²) in [6, 6.07) is 1.54. The molecule has 20 heavy (non-hydrogen) atoms. The smallest absolute Gasteiger partial charge is 0.339 e. The summed E-state index contributed by atoms with van der Waals surface area (Å²) in [5.74, 6) is 0.587.